The van der Waals surface area contributed by atoms with Crippen molar-refractivity contribution >= 4 is 46.3 Å². The molecule has 3 aliphatic heterocycles. The highest BCUT2D eigenvalue weighted by Crippen LogP contribution is 2.58. The first-order chi connectivity index (χ1) is 19.1. The van der Waals surface area contributed by atoms with Gasteiger partial charge in [0.25, 0.3) is 0 Å². The number of Topliss-reactive ketones (excluding diaryl/α,β-unsaturated/α-hetero) is 2. The highest BCUT2D eigenvalue weighted by Gasteiger charge is 2.70. The molecular weight excluding hydrogens is 508 g/mol. The number of rotatable bonds is 5. The van der Waals surface area contributed by atoms with E-state index >= 15 is 0 Å². The Hall–Kier alpha value is -4.49. The van der Waals surface area contributed by atoms with E-state index in [2.05, 4.69) is 5.32 Å². The zero-order chi connectivity index (χ0) is 26.7. The molecule has 1 saturated heterocycles. The zero-order valence-corrected chi connectivity index (χ0v) is 21.9. The van der Waals surface area contributed by atoms with Crippen LogP contribution in [0.4, 0.5) is 11.4 Å². The van der Waals surface area contributed by atoms with E-state index in [1.165, 1.54) is 11.3 Å². The molecule has 4 unspecified atom stereocenters. The fraction of sp³-hybridized carbons (Fsp3) is 0.156. The van der Waals surface area contributed by atoms with Gasteiger partial charge in [0, 0.05) is 16.9 Å². The fourth-order valence-electron chi connectivity index (χ4n) is 6.62. The van der Waals surface area contributed by atoms with Crippen molar-refractivity contribution in [2.45, 2.75) is 17.5 Å². The van der Waals surface area contributed by atoms with Gasteiger partial charge in [-0.25, -0.2) is 0 Å². The summed E-state index contributed by atoms with van der Waals surface area (Å²) in [6.07, 6.45) is 3.99. The number of para-hydroxylation sites is 2. The Balaban J connectivity index is 1.52. The van der Waals surface area contributed by atoms with Crippen LogP contribution in [0.15, 0.2) is 96.4 Å². The first-order valence-corrected chi connectivity index (χ1v) is 13.7. The second-order valence-corrected chi connectivity index (χ2v) is 10.9. The monoisotopic (exact) mass is 532 g/mol. The molecule has 1 aromatic heterocycles. The number of ketones is 2. The third-order valence-electron chi connectivity index (χ3n) is 8.23. The summed E-state index contributed by atoms with van der Waals surface area (Å²) in [5.41, 5.74) is 2.31. The highest BCUT2D eigenvalue weighted by atomic mass is 32.1. The van der Waals surface area contributed by atoms with E-state index < -0.39 is 23.4 Å². The van der Waals surface area contributed by atoms with Crippen LogP contribution in [-0.2, 0) is 10.2 Å². The van der Waals surface area contributed by atoms with Gasteiger partial charge in [0.2, 0.25) is 5.91 Å². The summed E-state index contributed by atoms with van der Waals surface area (Å²) in [5.74, 6) is -1.04. The van der Waals surface area contributed by atoms with Crippen LogP contribution in [0.2, 0.25) is 0 Å². The molecule has 7 heteroatoms. The van der Waals surface area contributed by atoms with Gasteiger partial charge in [-0.1, -0.05) is 54.6 Å². The molecular formula is C32H24N2O4S. The lowest BCUT2D eigenvalue weighted by Gasteiger charge is -2.37. The molecule has 39 heavy (non-hydrogen) atoms. The van der Waals surface area contributed by atoms with Crippen LogP contribution in [0.25, 0.3) is 6.08 Å². The van der Waals surface area contributed by atoms with Gasteiger partial charge < -0.3 is 15.0 Å². The number of ether oxygens (including phenoxy) is 1. The molecule has 0 aliphatic carbocycles. The van der Waals surface area contributed by atoms with Crippen molar-refractivity contribution in [3.8, 4) is 5.75 Å². The predicted octanol–water partition coefficient (Wildman–Crippen LogP) is 5.61. The first-order valence-electron chi connectivity index (χ1n) is 12.8. The molecule has 192 valence electrons. The lowest BCUT2D eigenvalue weighted by molar-refractivity contribution is -0.121. The lowest BCUT2D eigenvalue weighted by atomic mass is 9.64. The fourth-order valence-corrected chi connectivity index (χ4v) is 7.32. The molecule has 3 aromatic carbocycles. The summed E-state index contributed by atoms with van der Waals surface area (Å²) in [6, 6.07) is 24.4. The Bertz CT molecular complexity index is 1660. The average Bonchev–Trinajstić information content (AvgIpc) is 3.69. The number of benzene rings is 3. The third-order valence-corrected chi connectivity index (χ3v) is 9.12. The van der Waals surface area contributed by atoms with Crippen molar-refractivity contribution in [2.24, 2.45) is 5.92 Å². The Morgan fingerprint density at radius 1 is 0.923 bits per heavy atom. The number of thiophene rings is 1. The van der Waals surface area contributed by atoms with Crippen LogP contribution in [-0.4, -0.2) is 36.7 Å². The molecule has 1 N–H and O–H groups in total. The summed E-state index contributed by atoms with van der Waals surface area (Å²) < 4.78 is 5.31. The maximum absolute atomic E-state index is 14.7. The largest absolute Gasteiger partial charge is 0.497 e. The number of carbonyl (C=O) groups excluding carboxylic acids is 3. The lowest BCUT2D eigenvalue weighted by Crippen LogP contribution is -2.51. The van der Waals surface area contributed by atoms with E-state index in [9.17, 15) is 14.4 Å². The minimum Gasteiger partial charge on any atom is -0.497 e. The van der Waals surface area contributed by atoms with E-state index in [1.54, 1.807) is 37.4 Å². The Morgan fingerprint density at radius 2 is 1.69 bits per heavy atom. The van der Waals surface area contributed by atoms with Gasteiger partial charge >= 0.3 is 0 Å². The SMILES string of the molecule is COc1ccc(C(=O)C2C(C(=O)c3cccs3)N3c4ccccc4C=CC3C23C(=O)Nc2ccccc23)cc1. The van der Waals surface area contributed by atoms with Gasteiger partial charge in [-0.3, -0.25) is 14.4 Å². The standard InChI is InChI=1S/C32H24N2O4S/c1-38-21-15-12-20(13-16-21)29(35)27-28(30(36)25-11-6-18-39-25)34-24-10-5-2-7-19(24)14-17-26(34)32(27)22-8-3-4-9-23(22)33-31(32)37/h2-18,26-28H,1H3,(H,33,37). The van der Waals surface area contributed by atoms with Gasteiger partial charge in [-0.05, 0) is 59.0 Å². The third kappa shape index (κ3) is 3.23. The quantitative estimate of drug-likeness (QED) is 0.338. The smallest absolute Gasteiger partial charge is 0.238 e. The molecule has 3 aliphatic rings. The maximum Gasteiger partial charge on any atom is 0.238 e. The molecule has 4 aromatic rings. The van der Waals surface area contributed by atoms with Crippen molar-refractivity contribution in [1.29, 1.82) is 0 Å². The van der Waals surface area contributed by atoms with Gasteiger partial charge in [0.15, 0.2) is 11.6 Å². The van der Waals surface area contributed by atoms with Gasteiger partial charge in [0.1, 0.15) is 17.2 Å². The molecule has 1 spiro atoms. The van der Waals surface area contributed by atoms with Crippen LogP contribution < -0.4 is 15.0 Å². The van der Waals surface area contributed by atoms with Crippen molar-refractivity contribution in [2.75, 3.05) is 17.3 Å². The topological polar surface area (TPSA) is 75.7 Å². The zero-order valence-electron chi connectivity index (χ0n) is 21.0. The van der Waals surface area contributed by atoms with Crippen molar-refractivity contribution in [3.63, 3.8) is 0 Å². The second kappa shape index (κ2) is 8.78. The van der Waals surface area contributed by atoms with E-state index in [1.807, 2.05) is 77.0 Å². The van der Waals surface area contributed by atoms with E-state index in [4.69, 9.17) is 4.74 Å². The first kappa shape index (κ1) is 23.6. The molecule has 1 amide bonds. The number of carbonyl (C=O) groups is 3. The van der Waals surface area contributed by atoms with E-state index in [0.717, 1.165) is 16.8 Å². The van der Waals surface area contributed by atoms with E-state index in [0.29, 0.717) is 21.9 Å². The highest BCUT2D eigenvalue weighted by molar-refractivity contribution is 7.12. The number of nitrogens with zero attached hydrogens (tertiary/aromatic N) is 1. The molecule has 0 radical (unpaired) electrons. The summed E-state index contributed by atoms with van der Waals surface area (Å²) in [7, 11) is 1.57. The number of methoxy groups -OCH3 is 1. The predicted molar refractivity (Wildman–Crippen MR) is 152 cm³/mol. The number of nitrogens with one attached hydrogen (secondary N) is 1. The van der Waals surface area contributed by atoms with Crippen LogP contribution in [0.5, 0.6) is 5.75 Å². The number of hydrogen-bond acceptors (Lipinski definition) is 6. The number of anilines is 2. The Morgan fingerprint density at radius 3 is 2.46 bits per heavy atom. The molecule has 1 fully saturated rings. The summed E-state index contributed by atoms with van der Waals surface area (Å²) in [4.78, 5) is 45.9. The molecule has 4 atom stereocenters. The van der Waals surface area contributed by atoms with Crippen molar-refractivity contribution < 1.29 is 19.1 Å². The minimum atomic E-state index is -1.31. The Kier molecular flexibility index (Phi) is 5.32. The summed E-state index contributed by atoms with van der Waals surface area (Å²) >= 11 is 1.35. The number of amides is 1. The normalized spacial score (nSPS) is 24.2. The molecule has 7 rings (SSSR count). The average molecular weight is 533 g/mol. The number of fused-ring (bicyclic) bond motifs is 6. The van der Waals surface area contributed by atoms with Crippen LogP contribution in [0, 0.1) is 5.92 Å². The van der Waals surface area contributed by atoms with Crippen LogP contribution >= 0.6 is 11.3 Å². The second-order valence-electron chi connectivity index (χ2n) is 10.00. The van der Waals surface area contributed by atoms with Crippen molar-refractivity contribution in [1.82, 2.24) is 0 Å². The maximum atomic E-state index is 14.7. The Labute approximate surface area is 229 Å². The van der Waals surface area contributed by atoms with Crippen LogP contribution in [0.1, 0.15) is 31.2 Å². The van der Waals surface area contributed by atoms with Crippen molar-refractivity contribution in [3.05, 3.63) is 118 Å². The molecule has 0 saturated carbocycles. The molecule has 4 heterocycles. The molecule has 0 bridgehead atoms. The minimum absolute atomic E-state index is 0.166. The van der Waals surface area contributed by atoms with Gasteiger partial charge in [0.05, 0.1) is 23.9 Å². The van der Waals surface area contributed by atoms with Crippen LogP contribution in [0.3, 0.4) is 0 Å². The summed E-state index contributed by atoms with van der Waals surface area (Å²) in [5, 5.41) is 4.91. The van der Waals surface area contributed by atoms with E-state index in [-0.39, 0.29) is 17.5 Å². The van der Waals surface area contributed by atoms with Gasteiger partial charge in [-0.15, -0.1) is 11.3 Å². The summed E-state index contributed by atoms with van der Waals surface area (Å²) in [6.45, 7) is 0. The van der Waals surface area contributed by atoms with Gasteiger partial charge in [-0.2, -0.15) is 0 Å². The molecule has 6 nitrogen and oxygen atoms in total. The number of hydrogen-bond donors (Lipinski definition) is 1.